The second kappa shape index (κ2) is 60.3. The molecular weight excluding hydrogens is 983 g/mol. The van der Waals surface area contributed by atoms with E-state index in [0.717, 1.165) is 83.5 Å². The van der Waals surface area contributed by atoms with Crippen LogP contribution in [0.15, 0.2) is 97.2 Å². The Morgan fingerprint density at radius 3 is 1.09 bits per heavy atom. The highest BCUT2D eigenvalue weighted by Crippen LogP contribution is 2.16. The predicted molar refractivity (Wildman–Crippen MR) is 336 cm³/mol. The van der Waals surface area contributed by atoms with Gasteiger partial charge >= 0.3 is 17.9 Å². The molecular formula is C70H122NO8+. The molecule has 0 fully saturated rings. The maximum atomic E-state index is 12.9. The molecule has 9 heteroatoms. The molecule has 0 heterocycles. The van der Waals surface area contributed by atoms with Crippen LogP contribution < -0.4 is 0 Å². The average molecular weight is 1110 g/mol. The number of carboxylic acids is 1. The van der Waals surface area contributed by atoms with Gasteiger partial charge in [0.2, 0.25) is 0 Å². The molecule has 0 amide bonds. The van der Waals surface area contributed by atoms with Crippen molar-refractivity contribution in [3.63, 3.8) is 0 Å². The van der Waals surface area contributed by atoms with Crippen LogP contribution in [0.4, 0.5) is 0 Å². The molecule has 9 nitrogen and oxygen atoms in total. The Morgan fingerprint density at radius 1 is 0.392 bits per heavy atom. The first-order valence-electron chi connectivity index (χ1n) is 32.4. The maximum Gasteiger partial charge on any atom is 0.361 e. The Bertz CT molecular complexity index is 1620. The summed E-state index contributed by atoms with van der Waals surface area (Å²) < 4.78 is 22.9. The summed E-state index contributed by atoms with van der Waals surface area (Å²) in [5.74, 6) is -2.01. The quantitative estimate of drug-likeness (QED) is 0.0211. The molecule has 0 aliphatic rings. The third-order valence-corrected chi connectivity index (χ3v) is 13.8. The molecule has 454 valence electrons. The molecule has 0 aromatic rings. The van der Waals surface area contributed by atoms with Gasteiger partial charge in [-0.25, -0.2) is 4.79 Å². The fourth-order valence-corrected chi connectivity index (χ4v) is 8.87. The van der Waals surface area contributed by atoms with Crippen LogP contribution in [-0.2, 0) is 33.3 Å². The number of aliphatic carboxylic acids is 1. The topological polar surface area (TPSA) is 108 Å². The van der Waals surface area contributed by atoms with Gasteiger partial charge in [-0.1, -0.05) is 259 Å². The number of hydrogen-bond acceptors (Lipinski definition) is 7. The zero-order valence-corrected chi connectivity index (χ0v) is 51.8. The van der Waals surface area contributed by atoms with E-state index in [0.29, 0.717) is 17.4 Å². The normalized spacial score (nSPS) is 13.4. The third-order valence-electron chi connectivity index (χ3n) is 13.8. The standard InChI is InChI=1S/C70H121NO8/c1-6-8-10-12-14-16-18-20-22-24-25-26-27-28-29-30-31-32-33-34-35-36-37-38-39-40-41-42-43-45-47-49-51-53-55-57-59-61-68(73)79-66(65-78-70(69(74)75)76-63-62-71(3,4)5)64-77-67(72)60-58-56-54-52-50-48-46-44-23-21-19-17-15-13-11-9-7-2/h8,10,14,16,20-23,25-26,28-29,31-32,34-35,66,70H,6-7,9,11-13,15,17-19,24,27,30,33,36-65H2,1-5H3/p+1/b10-8-,16-14-,22-20-,23-21-,26-25-,29-28-,32-31-,35-34-. The Hall–Kier alpha value is -3.79. The Balaban J connectivity index is 4.10. The van der Waals surface area contributed by atoms with Crippen molar-refractivity contribution < 1.29 is 42.9 Å². The molecule has 0 aliphatic carbocycles. The molecule has 0 bridgehead atoms. The maximum absolute atomic E-state index is 12.9. The van der Waals surface area contributed by atoms with Crippen LogP contribution in [0.5, 0.6) is 0 Å². The summed E-state index contributed by atoms with van der Waals surface area (Å²) >= 11 is 0. The monoisotopic (exact) mass is 1100 g/mol. The minimum atomic E-state index is -1.51. The van der Waals surface area contributed by atoms with Gasteiger partial charge in [0.15, 0.2) is 6.10 Å². The lowest BCUT2D eigenvalue weighted by molar-refractivity contribution is -0.870. The van der Waals surface area contributed by atoms with Crippen molar-refractivity contribution in [1.29, 1.82) is 0 Å². The third kappa shape index (κ3) is 61.7. The molecule has 1 N–H and O–H groups in total. The SMILES string of the molecule is CC/C=C\C/C=C\C/C=C\C/C=C\C/C=C\C/C=C\C/C=C\CCCCCCCCCCCCCCCCCC(=O)OC(COC(=O)CCCCCCCCC/C=C\CCCCCCCC)COC(OCC[N+](C)(C)C)C(=O)O. The van der Waals surface area contributed by atoms with Crippen LogP contribution in [0.2, 0.25) is 0 Å². The zero-order valence-electron chi connectivity index (χ0n) is 51.8. The van der Waals surface area contributed by atoms with Crippen LogP contribution >= 0.6 is 0 Å². The zero-order chi connectivity index (χ0) is 57.6. The van der Waals surface area contributed by atoms with E-state index in [1.165, 1.54) is 161 Å². The first-order chi connectivity index (χ1) is 38.6. The summed E-state index contributed by atoms with van der Waals surface area (Å²) in [5.41, 5.74) is 0. The molecule has 0 saturated heterocycles. The van der Waals surface area contributed by atoms with Gasteiger partial charge in [0.05, 0.1) is 34.4 Å². The van der Waals surface area contributed by atoms with Gasteiger partial charge < -0.3 is 28.5 Å². The van der Waals surface area contributed by atoms with E-state index in [4.69, 9.17) is 18.9 Å². The fraction of sp³-hybridized carbons (Fsp3) is 0.729. The first-order valence-corrected chi connectivity index (χ1v) is 32.4. The summed E-state index contributed by atoms with van der Waals surface area (Å²) in [6.45, 7) is 4.77. The largest absolute Gasteiger partial charge is 0.477 e. The Labute approximate surface area is 486 Å². The van der Waals surface area contributed by atoms with Crippen molar-refractivity contribution in [2.45, 2.75) is 283 Å². The molecule has 79 heavy (non-hydrogen) atoms. The number of unbranched alkanes of at least 4 members (excludes halogenated alkanes) is 28. The van der Waals surface area contributed by atoms with Crippen molar-refractivity contribution in [2.75, 3.05) is 47.5 Å². The highest BCUT2D eigenvalue weighted by molar-refractivity contribution is 5.71. The second-order valence-electron chi connectivity index (χ2n) is 22.7. The summed E-state index contributed by atoms with van der Waals surface area (Å²) in [7, 11) is 5.97. The summed E-state index contributed by atoms with van der Waals surface area (Å²) in [6.07, 6.45) is 79.3. The van der Waals surface area contributed by atoms with E-state index in [9.17, 15) is 19.5 Å². The minimum absolute atomic E-state index is 0.185. The Morgan fingerprint density at radius 2 is 0.722 bits per heavy atom. The highest BCUT2D eigenvalue weighted by Gasteiger charge is 2.25. The first kappa shape index (κ1) is 75.2. The lowest BCUT2D eigenvalue weighted by Crippen LogP contribution is -2.40. The van der Waals surface area contributed by atoms with E-state index in [-0.39, 0.29) is 32.2 Å². The molecule has 0 rings (SSSR count). The molecule has 0 aliphatic heterocycles. The minimum Gasteiger partial charge on any atom is -0.477 e. The van der Waals surface area contributed by atoms with Crippen LogP contribution in [0, 0.1) is 0 Å². The second-order valence-corrected chi connectivity index (χ2v) is 22.7. The fourth-order valence-electron chi connectivity index (χ4n) is 8.87. The molecule has 0 spiro atoms. The molecule has 0 aromatic heterocycles. The number of nitrogens with zero attached hydrogens (tertiary/aromatic N) is 1. The van der Waals surface area contributed by atoms with Gasteiger partial charge in [-0.05, 0) is 96.3 Å². The number of carboxylic acid groups (broad SMARTS) is 1. The van der Waals surface area contributed by atoms with Gasteiger partial charge in [0.1, 0.15) is 13.2 Å². The molecule has 2 atom stereocenters. The van der Waals surface area contributed by atoms with Crippen molar-refractivity contribution in [3.8, 4) is 0 Å². The van der Waals surface area contributed by atoms with E-state index in [1.807, 2.05) is 21.1 Å². The molecule has 0 saturated carbocycles. The summed E-state index contributed by atoms with van der Waals surface area (Å²) in [5, 5.41) is 9.72. The van der Waals surface area contributed by atoms with Crippen molar-refractivity contribution in [2.24, 2.45) is 0 Å². The number of ether oxygens (including phenoxy) is 4. The van der Waals surface area contributed by atoms with Crippen molar-refractivity contribution in [1.82, 2.24) is 0 Å². The van der Waals surface area contributed by atoms with Gasteiger partial charge in [0.25, 0.3) is 6.29 Å². The molecule has 2 unspecified atom stereocenters. The number of carbonyl (C=O) groups is 3. The number of rotatable bonds is 59. The van der Waals surface area contributed by atoms with Gasteiger partial charge in [-0.3, -0.25) is 9.59 Å². The van der Waals surface area contributed by atoms with Crippen molar-refractivity contribution in [3.05, 3.63) is 97.2 Å². The van der Waals surface area contributed by atoms with Crippen LogP contribution in [0.1, 0.15) is 271 Å². The number of quaternary nitrogens is 1. The predicted octanol–water partition coefficient (Wildman–Crippen LogP) is 19.7. The van der Waals surface area contributed by atoms with Gasteiger partial charge in [-0.15, -0.1) is 0 Å². The lowest BCUT2D eigenvalue weighted by atomic mass is 10.0. The van der Waals surface area contributed by atoms with E-state index in [2.05, 4.69) is 111 Å². The van der Waals surface area contributed by atoms with E-state index < -0.39 is 24.3 Å². The van der Waals surface area contributed by atoms with Crippen molar-refractivity contribution >= 4 is 17.9 Å². The van der Waals surface area contributed by atoms with Crippen LogP contribution in [-0.4, -0.2) is 87.4 Å². The summed E-state index contributed by atoms with van der Waals surface area (Å²) in [6, 6.07) is 0. The van der Waals surface area contributed by atoms with E-state index in [1.54, 1.807) is 0 Å². The highest BCUT2D eigenvalue weighted by atomic mass is 16.7. The van der Waals surface area contributed by atoms with Gasteiger partial charge in [0, 0.05) is 12.8 Å². The Kier molecular flexibility index (Phi) is 57.4. The van der Waals surface area contributed by atoms with Crippen LogP contribution in [0.25, 0.3) is 0 Å². The molecule has 0 aromatic carbocycles. The number of hydrogen-bond donors (Lipinski definition) is 1. The molecule has 0 radical (unpaired) electrons. The van der Waals surface area contributed by atoms with E-state index >= 15 is 0 Å². The number of carbonyl (C=O) groups excluding carboxylic acids is 2. The number of esters is 2. The smallest absolute Gasteiger partial charge is 0.361 e. The number of likely N-dealkylation sites (N-methyl/N-ethyl adjacent to an activating group) is 1. The lowest BCUT2D eigenvalue weighted by Gasteiger charge is -2.25. The average Bonchev–Trinajstić information content (AvgIpc) is 3.42. The summed E-state index contributed by atoms with van der Waals surface area (Å²) in [4.78, 5) is 37.5. The van der Waals surface area contributed by atoms with Gasteiger partial charge in [-0.2, -0.15) is 0 Å². The number of allylic oxidation sites excluding steroid dienone is 16. The van der Waals surface area contributed by atoms with Crippen LogP contribution in [0.3, 0.4) is 0 Å².